The number of amides is 1. The Morgan fingerprint density at radius 2 is 1.48 bits per heavy atom. The standard InChI is InChI=1S/C18H31NO4/c1-3-5-7-11-19(12-8-6-4-2)17(20)15-13-9-10-14(23-13)16(15)18(21)22/h13-16H,3-12H2,1-2H3,(H,21,22)/p-1/t13-,14+,15-,16-/m0/s1. The van der Waals surface area contributed by atoms with Crippen LogP contribution in [0.25, 0.3) is 0 Å². The van der Waals surface area contributed by atoms with Gasteiger partial charge in [0.25, 0.3) is 0 Å². The van der Waals surface area contributed by atoms with E-state index in [0.717, 1.165) is 64.5 Å². The maximum Gasteiger partial charge on any atom is 0.229 e. The van der Waals surface area contributed by atoms with E-state index in [2.05, 4.69) is 13.8 Å². The molecule has 2 aliphatic heterocycles. The van der Waals surface area contributed by atoms with Crippen molar-refractivity contribution in [2.45, 2.75) is 77.4 Å². The largest absolute Gasteiger partial charge is 0.550 e. The van der Waals surface area contributed by atoms with E-state index >= 15 is 0 Å². The van der Waals surface area contributed by atoms with Crippen molar-refractivity contribution in [3.8, 4) is 0 Å². The van der Waals surface area contributed by atoms with Crippen molar-refractivity contribution < 1.29 is 19.4 Å². The van der Waals surface area contributed by atoms with E-state index in [0.29, 0.717) is 0 Å². The molecule has 0 spiro atoms. The maximum absolute atomic E-state index is 13.0. The van der Waals surface area contributed by atoms with Crippen LogP contribution in [-0.4, -0.2) is 42.1 Å². The highest BCUT2D eigenvalue weighted by Gasteiger charge is 2.53. The Hall–Kier alpha value is -1.10. The number of carboxylic acid groups (broad SMARTS) is 1. The van der Waals surface area contributed by atoms with E-state index in [1.54, 1.807) is 0 Å². The first-order chi connectivity index (χ1) is 11.1. The molecule has 0 radical (unpaired) electrons. The molecular weight excluding hydrogens is 294 g/mol. The van der Waals surface area contributed by atoms with Crippen LogP contribution in [0.2, 0.25) is 0 Å². The molecule has 0 aromatic rings. The molecule has 132 valence electrons. The van der Waals surface area contributed by atoms with Gasteiger partial charge in [0.15, 0.2) is 0 Å². The molecule has 2 aliphatic rings. The summed E-state index contributed by atoms with van der Waals surface area (Å²) in [7, 11) is 0. The fourth-order valence-electron chi connectivity index (χ4n) is 3.94. The maximum atomic E-state index is 13.0. The molecule has 2 bridgehead atoms. The zero-order valence-corrected chi connectivity index (χ0v) is 14.5. The molecule has 0 saturated carbocycles. The molecule has 23 heavy (non-hydrogen) atoms. The van der Waals surface area contributed by atoms with Crippen LogP contribution in [0.4, 0.5) is 0 Å². The molecule has 1 amide bonds. The summed E-state index contributed by atoms with van der Waals surface area (Å²) in [4.78, 5) is 26.4. The Kier molecular flexibility index (Phi) is 6.88. The zero-order valence-electron chi connectivity index (χ0n) is 14.5. The average molecular weight is 324 g/mol. The van der Waals surface area contributed by atoms with Gasteiger partial charge >= 0.3 is 0 Å². The summed E-state index contributed by atoms with van der Waals surface area (Å²) in [6.07, 6.45) is 7.33. The fraction of sp³-hybridized carbons (Fsp3) is 0.889. The van der Waals surface area contributed by atoms with E-state index < -0.39 is 17.8 Å². The van der Waals surface area contributed by atoms with Crippen LogP contribution in [0, 0.1) is 11.8 Å². The van der Waals surface area contributed by atoms with Gasteiger partial charge in [-0.15, -0.1) is 0 Å². The molecule has 2 saturated heterocycles. The molecule has 0 aromatic carbocycles. The molecule has 2 rings (SSSR count). The molecule has 0 unspecified atom stereocenters. The predicted octanol–water partition coefficient (Wildman–Crippen LogP) is 1.74. The number of hydrogen-bond donors (Lipinski definition) is 0. The summed E-state index contributed by atoms with van der Waals surface area (Å²) in [5.74, 6) is -2.46. The summed E-state index contributed by atoms with van der Waals surface area (Å²) in [5, 5.41) is 11.5. The lowest BCUT2D eigenvalue weighted by Gasteiger charge is -2.33. The normalized spacial score (nSPS) is 29.0. The van der Waals surface area contributed by atoms with Gasteiger partial charge in [0.1, 0.15) is 0 Å². The van der Waals surface area contributed by atoms with Crippen LogP contribution in [0.5, 0.6) is 0 Å². The lowest BCUT2D eigenvalue weighted by molar-refractivity contribution is -0.314. The minimum absolute atomic E-state index is 0.0291. The molecule has 2 fully saturated rings. The minimum atomic E-state index is -1.13. The van der Waals surface area contributed by atoms with Crippen molar-refractivity contribution in [3.63, 3.8) is 0 Å². The fourth-order valence-corrected chi connectivity index (χ4v) is 3.94. The molecule has 0 aliphatic carbocycles. The molecule has 4 atom stereocenters. The minimum Gasteiger partial charge on any atom is -0.550 e. The van der Waals surface area contributed by atoms with Gasteiger partial charge in [0.05, 0.1) is 18.1 Å². The van der Waals surface area contributed by atoms with Crippen molar-refractivity contribution >= 4 is 11.9 Å². The second kappa shape index (κ2) is 8.67. The summed E-state index contributed by atoms with van der Waals surface area (Å²) in [6, 6.07) is 0. The van der Waals surface area contributed by atoms with E-state index in [9.17, 15) is 14.7 Å². The number of carboxylic acids is 1. The van der Waals surface area contributed by atoms with Crippen LogP contribution < -0.4 is 5.11 Å². The number of aliphatic carboxylic acids is 1. The SMILES string of the molecule is CCCCCN(CCCCC)C(=O)[C@@H]1[C@@H](C(=O)[O-])[C@H]2CC[C@@H]1O2. The van der Waals surface area contributed by atoms with Gasteiger partial charge in [-0.05, 0) is 25.7 Å². The number of ether oxygens (including phenoxy) is 1. The van der Waals surface area contributed by atoms with E-state index in [-0.39, 0.29) is 18.1 Å². The first-order valence-corrected chi connectivity index (χ1v) is 9.25. The number of fused-ring (bicyclic) bond motifs is 2. The Balaban J connectivity index is 2.03. The number of nitrogens with zero attached hydrogens (tertiary/aromatic N) is 1. The third-order valence-corrected chi connectivity index (χ3v) is 5.21. The van der Waals surface area contributed by atoms with Crippen molar-refractivity contribution in [3.05, 3.63) is 0 Å². The summed E-state index contributed by atoms with van der Waals surface area (Å²) in [6.45, 7) is 5.73. The molecule has 5 nitrogen and oxygen atoms in total. The first kappa shape index (κ1) is 18.2. The average Bonchev–Trinajstić information content (AvgIpc) is 3.14. The highest BCUT2D eigenvalue weighted by Crippen LogP contribution is 2.44. The summed E-state index contributed by atoms with van der Waals surface area (Å²) in [5.41, 5.74) is 0. The van der Waals surface area contributed by atoms with Crippen LogP contribution in [-0.2, 0) is 14.3 Å². The van der Waals surface area contributed by atoms with Gasteiger partial charge < -0.3 is 19.5 Å². The van der Waals surface area contributed by atoms with E-state index in [1.165, 1.54) is 0 Å². The predicted molar refractivity (Wildman–Crippen MR) is 85.5 cm³/mol. The van der Waals surface area contributed by atoms with Gasteiger partial charge in [-0.25, -0.2) is 0 Å². The first-order valence-electron chi connectivity index (χ1n) is 9.25. The Labute approximate surface area is 139 Å². The molecule has 0 N–H and O–H groups in total. The van der Waals surface area contributed by atoms with Crippen molar-refractivity contribution in [1.82, 2.24) is 4.90 Å². The number of carbonyl (C=O) groups excluding carboxylic acids is 2. The third-order valence-electron chi connectivity index (χ3n) is 5.21. The van der Waals surface area contributed by atoms with Crippen LogP contribution in [0.15, 0.2) is 0 Å². The monoisotopic (exact) mass is 324 g/mol. The van der Waals surface area contributed by atoms with Crippen molar-refractivity contribution in [2.75, 3.05) is 13.1 Å². The smallest absolute Gasteiger partial charge is 0.229 e. The third kappa shape index (κ3) is 4.25. The van der Waals surface area contributed by atoms with Crippen LogP contribution in [0.3, 0.4) is 0 Å². The number of rotatable bonds is 10. The van der Waals surface area contributed by atoms with Crippen molar-refractivity contribution in [1.29, 1.82) is 0 Å². The Bertz CT molecular complexity index is 402. The number of hydrogen-bond acceptors (Lipinski definition) is 4. The second-order valence-electron chi connectivity index (χ2n) is 6.90. The second-order valence-corrected chi connectivity index (χ2v) is 6.90. The molecule has 0 aromatic heterocycles. The molecular formula is C18H30NO4-. The lowest BCUT2D eigenvalue weighted by Crippen LogP contribution is -2.49. The van der Waals surface area contributed by atoms with Gasteiger partial charge in [-0.3, -0.25) is 4.79 Å². The zero-order chi connectivity index (χ0) is 16.8. The van der Waals surface area contributed by atoms with Crippen LogP contribution >= 0.6 is 0 Å². The van der Waals surface area contributed by atoms with Gasteiger partial charge in [-0.2, -0.15) is 0 Å². The van der Waals surface area contributed by atoms with Crippen LogP contribution in [0.1, 0.15) is 65.2 Å². The van der Waals surface area contributed by atoms with Crippen molar-refractivity contribution in [2.24, 2.45) is 11.8 Å². The summed E-state index contributed by atoms with van der Waals surface area (Å²) < 4.78 is 5.71. The van der Waals surface area contributed by atoms with Gasteiger partial charge in [0.2, 0.25) is 5.91 Å². The van der Waals surface area contributed by atoms with Gasteiger partial charge in [-0.1, -0.05) is 39.5 Å². The highest BCUT2D eigenvalue weighted by molar-refractivity contribution is 5.86. The topological polar surface area (TPSA) is 69.7 Å². The van der Waals surface area contributed by atoms with E-state index in [4.69, 9.17) is 4.74 Å². The highest BCUT2D eigenvalue weighted by atomic mass is 16.5. The molecule has 2 heterocycles. The lowest BCUT2D eigenvalue weighted by atomic mass is 9.78. The van der Waals surface area contributed by atoms with E-state index in [1.807, 2.05) is 4.90 Å². The number of carbonyl (C=O) groups is 2. The quantitative estimate of drug-likeness (QED) is 0.574. The number of unbranched alkanes of at least 4 members (excludes halogenated alkanes) is 4. The summed E-state index contributed by atoms with van der Waals surface area (Å²) >= 11 is 0. The molecule has 5 heteroatoms. The van der Waals surface area contributed by atoms with Gasteiger partial charge in [0, 0.05) is 25.0 Å². The Morgan fingerprint density at radius 3 is 1.96 bits per heavy atom. The Morgan fingerprint density at radius 1 is 0.957 bits per heavy atom.